The lowest BCUT2D eigenvalue weighted by Crippen LogP contribution is -2.23. The summed E-state index contributed by atoms with van der Waals surface area (Å²) >= 11 is 0. The van der Waals surface area contributed by atoms with Crippen LogP contribution in [0.2, 0.25) is 0 Å². The molecule has 3 N–H and O–H groups in total. The third-order valence-electron chi connectivity index (χ3n) is 4.22. The number of benzene rings is 1. The normalized spacial score (nSPS) is 13.5. The van der Waals surface area contributed by atoms with Crippen LogP contribution in [0.3, 0.4) is 0 Å². The summed E-state index contributed by atoms with van der Waals surface area (Å²) in [5.74, 6) is 0. The Hall–Kier alpha value is -3.18. The van der Waals surface area contributed by atoms with Gasteiger partial charge in [-0.15, -0.1) is 0 Å². The van der Waals surface area contributed by atoms with Crippen LogP contribution in [0.5, 0.6) is 0 Å². The minimum absolute atomic E-state index is 0.250. The summed E-state index contributed by atoms with van der Waals surface area (Å²) in [6.07, 6.45) is -2.78. The molecule has 1 aromatic carbocycles. The van der Waals surface area contributed by atoms with Crippen molar-refractivity contribution in [2.75, 3.05) is 7.05 Å². The molecule has 0 aliphatic carbocycles. The summed E-state index contributed by atoms with van der Waals surface area (Å²) in [6, 6.07) is 4.22. The first kappa shape index (κ1) is 17.2. The Kier molecular flexibility index (Phi) is 3.78. The van der Waals surface area contributed by atoms with Crippen LogP contribution in [-0.4, -0.2) is 36.7 Å². The summed E-state index contributed by atoms with van der Waals surface area (Å²) in [4.78, 5) is 16.8. The van der Waals surface area contributed by atoms with Crippen molar-refractivity contribution < 1.29 is 18.3 Å². The molecule has 4 aromatic rings. The molecule has 3 heterocycles. The van der Waals surface area contributed by atoms with E-state index >= 15 is 0 Å². The van der Waals surface area contributed by atoms with Gasteiger partial charge in [0.1, 0.15) is 0 Å². The molecule has 0 saturated carbocycles. The van der Waals surface area contributed by atoms with Crippen molar-refractivity contribution >= 4 is 21.9 Å². The number of fused-ring (bicyclic) bond motifs is 3. The van der Waals surface area contributed by atoms with Gasteiger partial charge in [-0.3, -0.25) is 15.2 Å². The van der Waals surface area contributed by atoms with Crippen molar-refractivity contribution in [3.05, 3.63) is 52.6 Å². The van der Waals surface area contributed by atoms with Gasteiger partial charge in [-0.1, -0.05) is 0 Å². The number of halogens is 3. The highest BCUT2D eigenvalue weighted by Crippen LogP contribution is 2.29. The Morgan fingerprint density at radius 3 is 2.52 bits per heavy atom. The summed E-state index contributed by atoms with van der Waals surface area (Å²) < 4.78 is 40.5. The van der Waals surface area contributed by atoms with E-state index in [2.05, 4.69) is 20.5 Å². The van der Waals surface area contributed by atoms with E-state index in [-0.39, 0.29) is 11.1 Å². The van der Waals surface area contributed by atoms with Gasteiger partial charge in [0.2, 0.25) is 6.35 Å². The molecule has 1 unspecified atom stereocenters. The smallest absolute Gasteiger partial charge is 0.359 e. The third-order valence-corrected chi connectivity index (χ3v) is 4.22. The molecule has 0 bridgehead atoms. The molecule has 0 aliphatic rings. The third kappa shape index (κ3) is 2.67. The zero-order valence-corrected chi connectivity index (χ0v) is 13.8. The number of aromatic amines is 1. The second-order valence-electron chi connectivity index (χ2n) is 5.83. The van der Waals surface area contributed by atoms with E-state index in [1.807, 2.05) is 0 Å². The predicted molar refractivity (Wildman–Crippen MR) is 90.3 cm³/mol. The summed E-state index contributed by atoms with van der Waals surface area (Å²) in [5.41, 5.74) is -0.257. The Morgan fingerprint density at radius 2 is 1.89 bits per heavy atom. The van der Waals surface area contributed by atoms with E-state index in [1.165, 1.54) is 29.2 Å². The number of nitrogens with one attached hydrogen (secondary N) is 2. The number of H-pyrrole nitrogens is 1. The van der Waals surface area contributed by atoms with Gasteiger partial charge in [0.05, 0.1) is 33.7 Å². The van der Waals surface area contributed by atoms with Crippen LogP contribution >= 0.6 is 0 Å². The number of hydrogen-bond acceptors (Lipinski definition) is 5. The van der Waals surface area contributed by atoms with E-state index < -0.39 is 23.7 Å². The van der Waals surface area contributed by atoms with Crippen molar-refractivity contribution in [1.82, 2.24) is 29.9 Å². The highest BCUT2D eigenvalue weighted by Gasteiger charge is 2.30. The van der Waals surface area contributed by atoms with Crippen molar-refractivity contribution in [2.24, 2.45) is 0 Å². The van der Waals surface area contributed by atoms with E-state index in [0.717, 1.165) is 16.8 Å². The van der Waals surface area contributed by atoms with Gasteiger partial charge in [-0.2, -0.15) is 18.3 Å². The van der Waals surface area contributed by atoms with E-state index in [4.69, 9.17) is 0 Å². The number of pyridine rings is 1. The van der Waals surface area contributed by atoms with Gasteiger partial charge in [0.15, 0.2) is 5.65 Å². The molecule has 0 saturated heterocycles. The number of aromatic nitrogens is 5. The average Bonchev–Trinajstić information content (AvgIpc) is 3.22. The highest BCUT2D eigenvalue weighted by atomic mass is 19.4. The molecule has 8 nitrogen and oxygen atoms in total. The zero-order chi connectivity index (χ0) is 19.3. The average molecular weight is 378 g/mol. The minimum atomic E-state index is -4.46. The van der Waals surface area contributed by atoms with E-state index in [9.17, 15) is 23.1 Å². The maximum atomic E-state index is 12.7. The van der Waals surface area contributed by atoms with Gasteiger partial charge in [0.25, 0.3) is 5.56 Å². The second-order valence-corrected chi connectivity index (χ2v) is 5.83. The van der Waals surface area contributed by atoms with Crippen LogP contribution in [0.4, 0.5) is 13.2 Å². The molecular formula is C16H13F3N6O2. The molecule has 3 aromatic heterocycles. The molecular weight excluding hydrogens is 365 g/mol. The largest absolute Gasteiger partial charge is 0.416 e. The van der Waals surface area contributed by atoms with Crippen molar-refractivity contribution in [2.45, 2.75) is 12.5 Å². The molecule has 140 valence electrons. The first-order valence-electron chi connectivity index (χ1n) is 7.81. The van der Waals surface area contributed by atoms with Gasteiger partial charge < -0.3 is 5.11 Å². The fraction of sp³-hybridized carbons (Fsp3) is 0.188. The lowest BCUT2D eigenvalue weighted by molar-refractivity contribution is -0.137. The van der Waals surface area contributed by atoms with Crippen LogP contribution in [0.25, 0.3) is 27.6 Å². The quantitative estimate of drug-likeness (QED) is 0.472. The van der Waals surface area contributed by atoms with Crippen molar-refractivity contribution in [1.29, 1.82) is 0 Å². The first-order valence-corrected chi connectivity index (χ1v) is 7.81. The van der Waals surface area contributed by atoms with Crippen LogP contribution in [-0.2, 0) is 6.18 Å². The van der Waals surface area contributed by atoms with Crippen LogP contribution in [0.1, 0.15) is 11.9 Å². The van der Waals surface area contributed by atoms with Gasteiger partial charge in [-0.25, -0.2) is 14.3 Å². The molecule has 0 spiro atoms. The molecule has 0 radical (unpaired) electrons. The number of rotatable bonds is 3. The maximum Gasteiger partial charge on any atom is 0.416 e. The molecule has 0 fully saturated rings. The highest BCUT2D eigenvalue weighted by molar-refractivity contribution is 6.01. The Morgan fingerprint density at radius 1 is 1.19 bits per heavy atom. The van der Waals surface area contributed by atoms with Crippen LogP contribution < -0.4 is 10.9 Å². The van der Waals surface area contributed by atoms with Crippen molar-refractivity contribution in [3.8, 4) is 5.69 Å². The molecule has 0 amide bonds. The number of alkyl halides is 3. The second kappa shape index (κ2) is 5.93. The SMILES string of the molecule is CNC(O)n1ncc2c3[nH]n(-c4ccc(C(F)(F)F)cc4)c(=O)c3cnc21. The topological polar surface area (TPSA) is 101 Å². The number of hydrogen-bond donors (Lipinski definition) is 3. The lowest BCUT2D eigenvalue weighted by atomic mass is 10.2. The molecule has 0 aliphatic heterocycles. The Labute approximate surface area is 148 Å². The minimum Gasteiger partial charge on any atom is -0.359 e. The predicted octanol–water partition coefficient (Wildman–Crippen LogP) is 1.75. The maximum absolute atomic E-state index is 12.7. The Balaban J connectivity index is 1.88. The fourth-order valence-electron chi connectivity index (χ4n) is 2.84. The fourth-order valence-corrected chi connectivity index (χ4v) is 2.84. The number of nitrogens with zero attached hydrogens (tertiary/aromatic N) is 4. The van der Waals surface area contributed by atoms with Gasteiger partial charge >= 0.3 is 6.18 Å². The van der Waals surface area contributed by atoms with Gasteiger partial charge in [-0.05, 0) is 31.3 Å². The monoisotopic (exact) mass is 378 g/mol. The molecule has 27 heavy (non-hydrogen) atoms. The summed E-state index contributed by atoms with van der Waals surface area (Å²) in [7, 11) is 1.54. The van der Waals surface area contributed by atoms with E-state index in [0.29, 0.717) is 16.6 Å². The lowest BCUT2D eigenvalue weighted by Gasteiger charge is -2.09. The molecule has 4 rings (SSSR count). The first-order chi connectivity index (χ1) is 12.8. The van der Waals surface area contributed by atoms with Crippen LogP contribution in [0, 0.1) is 0 Å². The van der Waals surface area contributed by atoms with Crippen LogP contribution in [0.15, 0.2) is 41.5 Å². The molecule has 11 heteroatoms. The summed E-state index contributed by atoms with van der Waals surface area (Å²) in [6.45, 7) is 0. The van der Waals surface area contributed by atoms with E-state index in [1.54, 1.807) is 7.05 Å². The van der Waals surface area contributed by atoms with Gasteiger partial charge in [0, 0.05) is 6.20 Å². The molecule has 1 atom stereocenters. The van der Waals surface area contributed by atoms with Crippen molar-refractivity contribution in [3.63, 3.8) is 0 Å². The number of aliphatic hydroxyl groups is 1. The zero-order valence-electron chi connectivity index (χ0n) is 13.8. The number of aliphatic hydroxyl groups excluding tert-OH is 1. The Bertz CT molecular complexity index is 1190. The standard InChI is InChI=1S/C16H13F3N6O2/c1-20-15(27)25-13-10(7-22-25)12-11(6-21-13)14(26)24(23-12)9-4-2-8(3-5-9)16(17,18)19/h2-7,15,20,23,27H,1H3. The summed E-state index contributed by atoms with van der Waals surface area (Å²) in [5, 5.41) is 20.2.